The summed E-state index contributed by atoms with van der Waals surface area (Å²) in [5.41, 5.74) is 4.57. The van der Waals surface area contributed by atoms with Crippen LogP contribution in [-0.4, -0.2) is 41.1 Å². The Morgan fingerprint density at radius 1 is 0.743 bits per heavy atom. The molecule has 0 N–H and O–H groups in total. The van der Waals surface area contributed by atoms with Gasteiger partial charge < -0.3 is 4.52 Å². The van der Waals surface area contributed by atoms with Crippen LogP contribution in [0.4, 0.5) is 13.2 Å². The van der Waals surface area contributed by atoms with Gasteiger partial charge in [-0.3, -0.25) is 9.80 Å². The number of hydrogen-bond acceptors (Lipinski definition) is 4. The van der Waals surface area contributed by atoms with Gasteiger partial charge in [0.05, 0.1) is 6.04 Å². The van der Waals surface area contributed by atoms with Gasteiger partial charge in [0.15, 0.2) is 5.76 Å². The molecule has 1 saturated heterocycles. The predicted octanol–water partition coefficient (Wildman–Crippen LogP) is 5.97. The van der Waals surface area contributed by atoms with Gasteiger partial charge in [0.2, 0.25) is 0 Å². The Labute approximate surface area is 202 Å². The van der Waals surface area contributed by atoms with Gasteiger partial charge in [-0.2, -0.15) is 0 Å². The average Bonchev–Trinajstić information content (AvgIpc) is 3.23. The third kappa shape index (κ3) is 5.16. The molecule has 1 aliphatic heterocycles. The fourth-order valence-electron chi connectivity index (χ4n) is 4.68. The molecule has 1 aromatic heterocycles. The van der Waals surface area contributed by atoms with Crippen LogP contribution in [0.15, 0.2) is 77.3 Å². The molecule has 4 aromatic rings. The van der Waals surface area contributed by atoms with Crippen LogP contribution in [0, 0.1) is 24.4 Å². The summed E-state index contributed by atoms with van der Waals surface area (Å²) in [6, 6.07) is 19.2. The molecule has 0 aliphatic carbocycles. The summed E-state index contributed by atoms with van der Waals surface area (Å²) < 4.78 is 46.0. The number of rotatable bonds is 6. The van der Waals surface area contributed by atoms with E-state index in [1.165, 1.54) is 36.4 Å². The highest BCUT2D eigenvalue weighted by atomic mass is 19.1. The Bertz CT molecular complexity index is 1220. The molecule has 1 fully saturated rings. The van der Waals surface area contributed by atoms with E-state index < -0.39 is 0 Å². The summed E-state index contributed by atoms with van der Waals surface area (Å²) in [6.45, 7) is 5.85. The molecule has 4 nitrogen and oxygen atoms in total. The van der Waals surface area contributed by atoms with Crippen molar-refractivity contribution in [3.05, 3.63) is 113 Å². The molecule has 0 atom stereocenters. The largest absolute Gasteiger partial charge is 0.356 e. The van der Waals surface area contributed by atoms with Gasteiger partial charge in [-0.15, -0.1) is 0 Å². The maximum absolute atomic E-state index is 13.6. The van der Waals surface area contributed by atoms with E-state index in [0.29, 0.717) is 12.3 Å². The summed E-state index contributed by atoms with van der Waals surface area (Å²) in [5.74, 6) is -0.186. The van der Waals surface area contributed by atoms with E-state index in [-0.39, 0.29) is 23.5 Å². The number of benzene rings is 3. The van der Waals surface area contributed by atoms with Crippen molar-refractivity contribution in [3.63, 3.8) is 0 Å². The Morgan fingerprint density at radius 2 is 1.23 bits per heavy atom. The second-order valence-corrected chi connectivity index (χ2v) is 8.91. The van der Waals surface area contributed by atoms with Crippen molar-refractivity contribution >= 4 is 0 Å². The molecule has 2 heterocycles. The zero-order valence-electron chi connectivity index (χ0n) is 19.4. The quantitative estimate of drug-likeness (QED) is 0.342. The topological polar surface area (TPSA) is 32.5 Å². The number of hydrogen-bond donors (Lipinski definition) is 0. The lowest BCUT2D eigenvalue weighted by atomic mass is 9.96. The molecule has 7 heteroatoms. The predicted molar refractivity (Wildman–Crippen MR) is 128 cm³/mol. The summed E-state index contributed by atoms with van der Waals surface area (Å²) in [7, 11) is 0. The summed E-state index contributed by atoms with van der Waals surface area (Å²) in [5, 5.41) is 4.28. The van der Waals surface area contributed by atoms with E-state index in [1.54, 1.807) is 36.4 Å². The first-order valence-electron chi connectivity index (χ1n) is 11.7. The highest BCUT2D eigenvalue weighted by Gasteiger charge is 2.27. The molecule has 0 saturated carbocycles. The van der Waals surface area contributed by atoms with E-state index in [9.17, 15) is 13.2 Å². The van der Waals surface area contributed by atoms with E-state index >= 15 is 0 Å². The normalized spacial score (nSPS) is 15.1. The SMILES string of the molecule is Cc1c(CN2CCN(C(c3ccc(F)cc3)c3ccc(F)cc3)CC2)noc1-c1ccc(F)cc1. The Balaban J connectivity index is 1.29. The highest BCUT2D eigenvalue weighted by Crippen LogP contribution is 2.31. The van der Waals surface area contributed by atoms with Crippen LogP contribution in [0.3, 0.4) is 0 Å². The second-order valence-electron chi connectivity index (χ2n) is 8.91. The molecular formula is C28H26F3N3O. The third-order valence-electron chi connectivity index (χ3n) is 6.64. The lowest BCUT2D eigenvalue weighted by Crippen LogP contribution is -2.47. The monoisotopic (exact) mass is 477 g/mol. The summed E-state index contributed by atoms with van der Waals surface area (Å²) in [6.07, 6.45) is 0. The smallest absolute Gasteiger partial charge is 0.170 e. The number of nitrogens with zero attached hydrogens (tertiary/aromatic N) is 3. The first kappa shape index (κ1) is 23.3. The first-order chi connectivity index (χ1) is 17.0. The van der Waals surface area contributed by atoms with Crippen molar-refractivity contribution < 1.29 is 17.7 Å². The van der Waals surface area contributed by atoms with E-state index in [0.717, 1.165) is 54.1 Å². The summed E-state index contributed by atoms with van der Waals surface area (Å²) in [4.78, 5) is 4.67. The Kier molecular flexibility index (Phi) is 6.70. The zero-order valence-corrected chi connectivity index (χ0v) is 19.4. The zero-order chi connectivity index (χ0) is 24.4. The molecule has 180 valence electrons. The highest BCUT2D eigenvalue weighted by molar-refractivity contribution is 5.61. The maximum atomic E-state index is 13.6. The molecule has 0 unspecified atom stereocenters. The van der Waals surface area contributed by atoms with E-state index in [4.69, 9.17) is 4.52 Å². The molecule has 1 aliphatic rings. The Morgan fingerprint density at radius 3 is 1.74 bits per heavy atom. The lowest BCUT2D eigenvalue weighted by molar-refractivity contribution is 0.103. The van der Waals surface area contributed by atoms with Crippen molar-refractivity contribution in [2.45, 2.75) is 19.5 Å². The number of piperazine rings is 1. The molecule has 3 aromatic carbocycles. The molecule has 35 heavy (non-hydrogen) atoms. The number of aromatic nitrogens is 1. The van der Waals surface area contributed by atoms with Crippen LogP contribution >= 0.6 is 0 Å². The van der Waals surface area contributed by atoms with Crippen molar-refractivity contribution in [3.8, 4) is 11.3 Å². The van der Waals surface area contributed by atoms with E-state index in [2.05, 4.69) is 15.0 Å². The van der Waals surface area contributed by atoms with Crippen LogP contribution in [0.2, 0.25) is 0 Å². The minimum atomic E-state index is -0.288. The second kappa shape index (κ2) is 10.1. The lowest BCUT2D eigenvalue weighted by Gasteiger charge is -2.39. The van der Waals surface area contributed by atoms with Gasteiger partial charge in [0.1, 0.15) is 23.1 Å². The van der Waals surface area contributed by atoms with Crippen LogP contribution in [0.5, 0.6) is 0 Å². The maximum Gasteiger partial charge on any atom is 0.170 e. The Hall–Kier alpha value is -3.42. The van der Waals surface area contributed by atoms with E-state index in [1.807, 2.05) is 6.92 Å². The van der Waals surface area contributed by atoms with Gasteiger partial charge >= 0.3 is 0 Å². The van der Waals surface area contributed by atoms with Crippen molar-refractivity contribution in [1.82, 2.24) is 15.0 Å². The van der Waals surface area contributed by atoms with Crippen LogP contribution < -0.4 is 0 Å². The van der Waals surface area contributed by atoms with Gasteiger partial charge in [0, 0.05) is 43.9 Å². The average molecular weight is 478 g/mol. The number of halogens is 3. The molecule has 0 spiro atoms. The van der Waals surface area contributed by atoms with Gasteiger partial charge in [0.25, 0.3) is 0 Å². The minimum Gasteiger partial charge on any atom is -0.356 e. The fraction of sp³-hybridized carbons (Fsp3) is 0.250. The van der Waals surface area contributed by atoms with Crippen molar-refractivity contribution in [2.75, 3.05) is 26.2 Å². The van der Waals surface area contributed by atoms with Crippen LogP contribution in [-0.2, 0) is 6.54 Å². The molecule has 5 rings (SSSR count). The van der Waals surface area contributed by atoms with Crippen molar-refractivity contribution in [1.29, 1.82) is 0 Å². The van der Waals surface area contributed by atoms with Gasteiger partial charge in [-0.05, 0) is 66.6 Å². The first-order valence-corrected chi connectivity index (χ1v) is 11.7. The standard InChI is InChI=1S/C28H26F3N3O/c1-19-26(32-35-28(19)22-6-12-25(31)13-7-22)18-33-14-16-34(17-15-33)27(20-2-8-23(29)9-3-20)21-4-10-24(30)11-5-21/h2-13,27H,14-18H2,1H3. The van der Waals surface area contributed by atoms with Crippen LogP contribution in [0.1, 0.15) is 28.4 Å². The van der Waals surface area contributed by atoms with Gasteiger partial charge in [-0.25, -0.2) is 13.2 Å². The molecule has 0 amide bonds. The molecule has 0 radical (unpaired) electrons. The van der Waals surface area contributed by atoms with Gasteiger partial charge in [-0.1, -0.05) is 29.4 Å². The van der Waals surface area contributed by atoms with Crippen LogP contribution in [0.25, 0.3) is 11.3 Å². The fourth-order valence-corrected chi connectivity index (χ4v) is 4.68. The minimum absolute atomic E-state index is 0.0859. The third-order valence-corrected chi connectivity index (χ3v) is 6.64. The molecular weight excluding hydrogens is 451 g/mol. The summed E-state index contributed by atoms with van der Waals surface area (Å²) >= 11 is 0. The molecule has 0 bridgehead atoms. The van der Waals surface area contributed by atoms with Crippen molar-refractivity contribution in [2.24, 2.45) is 0 Å².